The van der Waals surface area contributed by atoms with E-state index in [2.05, 4.69) is 39.8 Å². The average Bonchev–Trinajstić information content (AvgIpc) is 3.04. The summed E-state index contributed by atoms with van der Waals surface area (Å²) in [5.74, 6) is 1.58. The van der Waals surface area contributed by atoms with Gasteiger partial charge in [-0.2, -0.15) is 0 Å². The first-order chi connectivity index (χ1) is 16.1. The smallest absolute Gasteiger partial charge is 0.496 e. The van der Waals surface area contributed by atoms with Crippen molar-refractivity contribution in [1.82, 2.24) is 0 Å². The van der Waals surface area contributed by atoms with Gasteiger partial charge in [0.2, 0.25) is 0 Å². The summed E-state index contributed by atoms with van der Waals surface area (Å²) in [5, 5.41) is 0.680. The zero-order chi connectivity index (χ0) is 24.5. The number of rotatable bonds is 6. The van der Waals surface area contributed by atoms with Gasteiger partial charge in [0.05, 0.1) is 25.4 Å². The number of benzene rings is 3. The molecule has 0 radical (unpaired) electrons. The van der Waals surface area contributed by atoms with E-state index < -0.39 is 18.3 Å². The summed E-state index contributed by atoms with van der Waals surface area (Å²) in [5.41, 5.74) is 3.98. The van der Waals surface area contributed by atoms with Crippen LogP contribution in [0.2, 0.25) is 5.02 Å². The lowest BCUT2D eigenvalue weighted by atomic mass is 9.68. The Morgan fingerprint density at radius 3 is 1.44 bits per heavy atom. The molecule has 0 unspecified atom stereocenters. The summed E-state index contributed by atoms with van der Waals surface area (Å²) < 4.78 is 23.9. The molecular weight excluding hydrogens is 447 g/mol. The predicted octanol–water partition coefficient (Wildman–Crippen LogP) is 6.95. The van der Waals surface area contributed by atoms with Gasteiger partial charge < -0.3 is 18.8 Å². The quantitative estimate of drug-likeness (QED) is 0.285. The fraction of sp³-hybridized carbons (Fsp3) is 0.286. The zero-order valence-electron chi connectivity index (χ0n) is 20.5. The van der Waals surface area contributed by atoms with Crippen molar-refractivity contribution in [2.75, 3.05) is 14.2 Å². The minimum atomic E-state index is -0.578. The minimum absolute atomic E-state index is 0.486. The second-order valence-electron chi connectivity index (χ2n) is 9.34. The van der Waals surface area contributed by atoms with E-state index in [1.54, 1.807) is 14.2 Å². The summed E-state index contributed by atoms with van der Waals surface area (Å²) in [4.78, 5) is 0. The SMILES string of the molecule is COc1ccc(/C(B2OC(C)(C)C(C)(C)O2)=C(/c2ccc(Cl)cc2)c2ccc(OC)cc2)cc1. The van der Waals surface area contributed by atoms with Crippen LogP contribution in [-0.4, -0.2) is 32.5 Å². The molecule has 1 fully saturated rings. The topological polar surface area (TPSA) is 36.9 Å². The van der Waals surface area contributed by atoms with E-state index in [9.17, 15) is 0 Å². The fourth-order valence-corrected chi connectivity index (χ4v) is 4.11. The molecule has 0 N–H and O–H groups in total. The normalized spacial score (nSPS) is 17.3. The Morgan fingerprint density at radius 1 is 0.647 bits per heavy atom. The maximum atomic E-state index is 6.57. The molecule has 0 aliphatic carbocycles. The molecule has 1 aliphatic rings. The second kappa shape index (κ2) is 9.49. The van der Waals surface area contributed by atoms with E-state index in [-0.39, 0.29) is 0 Å². The van der Waals surface area contributed by atoms with Crippen LogP contribution >= 0.6 is 11.6 Å². The Hall–Kier alpha value is -2.73. The molecule has 3 aromatic carbocycles. The lowest BCUT2D eigenvalue weighted by molar-refractivity contribution is 0.00578. The van der Waals surface area contributed by atoms with Gasteiger partial charge in [-0.15, -0.1) is 0 Å². The van der Waals surface area contributed by atoms with Crippen LogP contribution < -0.4 is 9.47 Å². The molecule has 4 nitrogen and oxygen atoms in total. The van der Waals surface area contributed by atoms with Gasteiger partial charge in [0.15, 0.2) is 0 Å². The summed E-state index contributed by atoms with van der Waals surface area (Å²) >= 11 is 6.24. The molecular formula is C28H30BClO4. The minimum Gasteiger partial charge on any atom is -0.497 e. The van der Waals surface area contributed by atoms with E-state index in [1.807, 2.05) is 60.7 Å². The van der Waals surface area contributed by atoms with Crippen molar-refractivity contribution in [3.8, 4) is 11.5 Å². The van der Waals surface area contributed by atoms with Crippen molar-refractivity contribution in [2.45, 2.75) is 38.9 Å². The highest BCUT2D eigenvalue weighted by Gasteiger charge is 2.53. The molecule has 1 saturated heterocycles. The van der Waals surface area contributed by atoms with Gasteiger partial charge in [-0.1, -0.05) is 48.0 Å². The largest absolute Gasteiger partial charge is 0.497 e. The van der Waals surface area contributed by atoms with Crippen LogP contribution in [0.25, 0.3) is 11.0 Å². The highest BCUT2D eigenvalue weighted by Crippen LogP contribution is 2.44. The van der Waals surface area contributed by atoms with Crippen LogP contribution in [0.15, 0.2) is 72.8 Å². The van der Waals surface area contributed by atoms with E-state index in [0.29, 0.717) is 5.02 Å². The zero-order valence-corrected chi connectivity index (χ0v) is 21.3. The molecule has 3 aromatic rings. The summed E-state index contributed by atoms with van der Waals surface area (Å²) in [6, 6.07) is 23.9. The number of hydrogen-bond donors (Lipinski definition) is 0. The van der Waals surface area contributed by atoms with E-state index in [4.69, 9.17) is 30.4 Å². The first-order valence-corrected chi connectivity index (χ1v) is 11.7. The Labute approximate surface area is 207 Å². The average molecular weight is 477 g/mol. The van der Waals surface area contributed by atoms with Crippen molar-refractivity contribution in [1.29, 1.82) is 0 Å². The van der Waals surface area contributed by atoms with Gasteiger partial charge in [0, 0.05) is 5.02 Å². The molecule has 0 bridgehead atoms. The molecule has 34 heavy (non-hydrogen) atoms. The Morgan fingerprint density at radius 2 is 1.03 bits per heavy atom. The number of hydrogen-bond acceptors (Lipinski definition) is 4. The van der Waals surface area contributed by atoms with Gasteiger partial charge in [0.1, 0.15) is 11.5 Å². The van der Waals surface area contributed by atoms with Crippen molar-refractivity contribution < 1.29 is 18.8 Å². The highest BCUT2D eigenvalue weighted by atomic mass is 35.5. The first kappa shape index (κ1) is 24.4. The second-order valence-corrected chi connectivity index (χ2v) is 9.78. The summed E-state index contributed by atoms with van der Waals surface area (Å²) in [7, 11) is 2.75. The maximum absolute atomic E-state index is 6.57. The van der Waals surface area contributed by atoms with Crippen molar-refractivity contribution in [3.63, 3.8) is 0 Å². The highest BCUT2D eigenvalue weighted by molar-refractivity contribution is 6.71. The molecule has 0 spiro atoms. The van der Waals surface area contributed by atoms with Gasteiger partial charge in [0.25, 0.3) is 0 Å². The van der Waals surface area contributed by atoms with Gasteiger partial charge in [-0.3, -0.25) is 0 Å². The van der Waals surface area contributed by atoms with Crippen LogP contribution in [0.5, 0.6) is 11.5 Å². The molecule has 1 heterocycles. The Bertz CT molecular complexity index is 1150. The monoisotopic (exact) mass is 476 g/mol. The lowest BCUT2D eigenvalue weighted by Crippen LogP contribution is -2.41. The number of ether oxygens (including phenoxy) is 2. The standard InChI is InChI=1S/C28H30BClO4/c1-27(2)28(3,4)34-29(33-27)26(21-11-17-24(32-6)18-12-21)25(19-7-13-22(30)14-8-19)20-9-15-23(31-5)16-10-20/h7-18H,1-6H3/b26-25+. The van der Waals surface area contributed by atoms with E-state index in [0.717, 1.165) is 39.2 Å². The maximum Gasteiger partial charge on any atom is 0.496 e. The third kappa shape index (κ3) is 4.74. The lowest BCUT2D eigenvalue weighted by Gasteiger charge is -2.32. The van der Waals surface area contributed by atoms with Crippen molar-refractivity contribution in [2.24, 2.45) is 0 Å². The molecule has 0 atom stereocenters. The van der Waals surface area contributed by atoms with Gasteiger partial charge in [-0.25, -0.2) is 0 Å². The third-order valence-corrected chi connectivity index (χ3v) is 6.92. The van der Waals surface area contributed by atoms with Crippen LogP contribution in [-0.2, 0) is 9.31 Å². The van der Waals surface area contributed by atoms with Crippen molar-refractivity contribution >= 4 is 29.8 Å². The summed E-state index contributed by atoms with van der Waals surface area (Å²) in [6.45, 7) is 8.25. The van der Waals surface area contributed by atoms with Crippen molar-refractivity contribution in [3.05, 3.63) is 94.5 Å². The molecule has 176 valence electrons. The molecule has 0 amide bonds. The van der Waals surface area contributed by atoms with E-state index in [1.165, 1.54) is 0 Å². The fourth-order valence-electron chi connectivity index (χ4n) is 3.98. The Balaban J connectivity index is 2.00. The number of methoxy groups -OCH3 is 2. The molecule has 1 aliphatic heterocycles. The molecule has 4 rings (SSSR count). The predicted molar refractivity (Wildman–Crippen MR) is 139 cm³/mol. The molecule has 0 aromatic heterocycles. The molecule has 0 saturated carbocycles. The van der Waals surface area contributed by atoms with Crippen LogP contribution in [0.3, 0.4) is 0 Å². The van der Waals surface area contributed by atoms with Gasteiger partial charge >= 0.3 is 7.12 Å². The van der Waals surface area contributed by atoms with Gasteiger partial charge in [-0.05, 0) is 91.8 Å². The molecule has 6 heteroatoms. The Kier molecular flexibility index (Phi) is 6.81. The van der Waals surface area contributed by atoms with Crippen LogP contribution in [0.4, 0.5) is 0 Å². The van der Waals surface area contributed by atoms with Crippen LogP contribution in [0, 0.1) is 0 Å². The first-order valence-electron chi connectivity index (χ1n) is 11.3. The summed E-state index contributed by atoms with van der Waals surface area (Å²) in [6.07, 6.45) is 0. The van der Waals surface area contributed by atoms with Crippen LogP contribution in [0.1, 0.15) is 44.4 Å². The third-order valence-electron chi connectivity index (χ3n) is 6.67. The number of halogens is 1. The van der Waals surface area contributed by atoms with E-state index >= 15 is 0 Å².